The molecule has 1 aliphatic heterocycles. The van der Waals surface area contributed by atoms with Gasteiger partial charge in [-0.25, -0.2) is 8.42 Å². The van der Waals surface area contributed by atoms with E-state index in [9.17, 15) is 8.42 Å². The van der Waals surface area contributed by atoms with E-state index in [0.29, 0.717) is 11.4 Å². The normalized spacial score (nSPS) is 24.2. The minimum Gasteiger partial charge on any atom is -0.379 e. The van der Waals surface area contributed by atoms with Crippen LogP contribution in [0.2, 0.25) is 0 Å². The Morgan fingerprint density at radius 3 is 2.60 bits per heavy atom. The molecule has 1 heterocycles. The third-order valence-corrected chi connectivity index (χ3v) is 3.41. The summed E-state index contributed by atoms with van der Waals surface area (Å²) in [6.45, 7) is 2.24. The minimum absolute atomic E-state index is 0.256. The van der Waals surface area contributed by atoms with E-state index in [1.54, 1.807) is 13.1 Å². The zero-order chi connectivity index (χ0) is 7.78. The van der Waals surface area contributed by atoms with Gasteiger partial charge in [0.2, 0.25) is 0 Å². The smallest absolute Gasteiger partial charge is 0.177 e. The molecule has 0 aromatic rings. The fraction of sp³-hybridized carbons (Fsp3) is 0.667. The van der Waals surface area contributed by atoms with Crippen LogP contribution in [0.5, 0.6) is 0 Å². The quantitative estimate of drug-likeness (QED) is 0.509. The van der Waals surface area contributed by atoms with Crippen LogP contribution in [0.4, 0.5) is 0 Å². The molecule has 0 N–H and O–H groups in total. The number of allylic oxidation sites excluding steroid dienone is 1. The molecule has 0 amide bonds. The SMILES string of the molecule is CC1=CN(C)CCS1(=O)=O. The molecule has 0 fully saturated rings. The van der Waals surface area contributed by atoms with Crippen molar-refractivity contribution < 1.29 is 8.42 Å². The van der Waals surface area contributed by atoms with Gasteiger partial charge in [-0.15, -0.1) is 0 Å². The zero-order valence-corrected chi connectivity index (χ0v) is 6.98. The summed E-state index contributed by atoms with van der Waals surface area (Å²) >= 11 is 0. The first-order valence-corrected chi connectivity index (χ1v) is 4.79. The van der Waals surface area contributed by atoms with Gasteiger partial charge in [-0.2, -0.15) is 0 Å². The molecule has 0 aliphatic carbocycles. The fourth-order valence-electron chi connectivity index (χ4n) is 0.880. The van der Waals surface area contributed by atoms with Gasteiger partial charge in [0.15, 0.2) is 9.84 Å². The van der Waals surface area contributed by atoms with E-state index in [0.717, 1.165) is 0 Å². The Balaban J connectivity index is 3.00. The topological polar surface area (TPSA) is 37.4 Å². The van der Waals surface area contributed by atoms with Gasteiger partial charge in [0.25, 0.3) is 0 Å². The molecule has 0 unspecified atom stereocenters. The van der Waals surface area contributed by atoms with Gasteiger partial charge < -0.3 is 4.90 Å². The average Bonchev–Trinajstić information content (AvgIpc) is 1.81. The van der Waals surface area contributed by atoms with E-state index < -0.39 is 9.84 Å². The van der Waals surface area contributed by atoms with Gasteiger partial charge in [-0.3, -0.25) is 0 Å². The van der Waals surface area contributed by atoms with Crippen molar-refractivity contribution >= 4 is 9.84 Å². The van der Waals surface area contributed by atoms with Crippen molar-refractivity contribution in [1.29, 1.82) is 0 Å². The van der Waals surface area contributed by atoms with Crippen molar-refractivity contribution in [3.8, 4) is 0 Å². The van der Waals surface area contributed by atoms with E-state index in [2.05, 4.69) is 0 Å². The van der Waals surface area contributed by atoms with Gasteiger partial charge in [0.05, 0.1) is 10.7 Å². The fourth-order valence-corrected chi connectivity index (χ4v) is 2.07. The minimum atomic E-state index is -2.87. The van der Waals surface area contributed by atoms with Crippen LogP contribution in [-0.2, 0) is 9.84 Å². The second-order valence-corrected chi connectivity index (χ2v) is 4.82. The van der Waals surface area contributed by atoms with Crippen LogP contribution in [0.1, 0.15) is 6.92 Å². The molecule has 0 radical (unpaired) electrons. The summed E-state index contributed by atoms with van der Waals surface area (Å²) in [6, 6.07) is 0. The van der Waals surface area contributed by atoms with Crippen LogP contribution < -0.4 is 0 Å². The zero-order valence-electron chi connectivity index (χ0n) is 6.16. The second-order valence-electron chi connectivity index (χ2n) is 2.54. The lowest BCUT2D eigenvalue weighted by Crippen LogP contribution is -2.27. The molecule has 0 atom stereocenters. The standard InChI is InChI=1S/C6H11NO2S/c1-6-5-7(2)3-4-10(6,8)9/h5H,3-4H2,1-2H3. The van der Waals surface area contributed by atoms with Gasteiger partial charge in [0, 0.05) is 19.8 Å². The van der Waals surface area contributed by atoms with E-state index in [1.165, 1.54) is 0 Å². The number of rotatable bonds is 0. The van der Waals surface area contributed by atoms with Crippen molar-refractivity contribution in [2.45, 2.75) is 6.92 Å². The highest BCUT2D eigenvalue weighted by Gasteiger charge is 2.18. The molecule has 0 spiro atoms. The van der Waals surface area contributed by atoms with Crippen LogP contribution in [0, 0.1) is 0 Å². The van der Waals surface area contributed by atoms with E-state index in [1.807, 2.05) is 11.9 Å². The van der Waals surface area contributed by atoms with Crippen LogP contribution in [0.25, 0.3) is 0 Å². The Morgan fingerprint density at radius 2 is 2.20 bits per heavy atom. The number of sulfone groups is 1. The Labute approximate surface area is 61.3 Å². The van der Waals surface area contributed by atoms with Gasteiger partial charge >= 0.3 is 0 Å². The Kier molecular flexibility index (Phi) is 1.72. The Hall–Kier alpha value is -0.510. The summed E-state index contributed by atoms with van der Waals surface area (Å²) < 4.78 is 22.1. The molecule has 0 saturated carbocycles. The molecule has 4 heteroatoms. The monoisotopic (exact) mass is 161 g/mol. The summed E-state index contributed by atoms with van der Waals surface area (Å²) in [5, 5.41) is 0. The molecule has 10 heavy (non-hydrogen) atoms. The maximum absolute atomic E-state index is 11.0. The molecule has 1 aliphatic rings. The first kappa shape index (κ1) is 7.60. The lowest BCUT2D eigenvalue weighted by atomic mass is 10.6. The third kappa shape index (κ3) is 1.31. The van der Waals surface area contributed by atoms with Crippen LogP contribution >= 0.6 is 0 Å². The molecule has 0 bridgehead atoms. The summed E-state index contributed by atoms with van der Waals surface area (Å²) in [5.41, 5.74) is 0. The van der Waals surface area contributed by atoms with Crippen LogP contribution in [0.3, 0.4) is 0 Å². The molecule has 58 valence electrons. The van der Waals surface area contributed by atoms with Crippen LogP contribution in [-0.4, -0.2) is 32.7 Å². The first-order valence-electron chi connectivity index (χ1n) is 3.14. The highest BCUT2D eigenvalue weighted by molar-refractivity contribution is 7.95. The van der Waals surface area contributed by atoms with Crippen molar-refractivity contribution in [2.75, 3.05) is 19.3 Å². The molecule has 0 aromatic heterocycles. The highest BCUT2D eigenvalue weighted by atomic mass is 32.2. The lowest BCUT2D eigenvalue weighted by molar-refractivity contribution is 0.469. The third-order valence-electron chi connectivity index (χ3n) is 1.61. The largest absolute Gasteiger partial charge is 0.379 e. The van der Waals surface area contributed by atoms with Crippen LogP contribution in [0.15, 0.2) is 11.1 Å². The number of hydrogen-bond donors (Lipinski definition) is 0. The van der Waals surface area contributed by atoms with E-state index in [4.69, 9.17) is 0 Å². The summed E-state index contributed by atoms with van der Waals surface area (Å²) in [5.74, 6) is 0.256. The molecular formula is C6H11NO2S. The van der Waals surface area contributed by atoms with Crippen molar-refractivity contribution in [1.82, 2.24) is 4.90 Å². The number of nitrogens with zero attached hydrogens (tertiary/aromatic N) is 1. The van der Waals surface area contributed by atoms with Crippen molar-refractivity contribution in [3.05, 3.63) is 11.1 Å². The Morgan fingerprint density at radius 1 is 1.60 bits per heavy atom. The average molecular weight is 161 g/mol. The van der Waals surface area contributed by atoms with Gasteiger partial charge in [-0.1, -0.05) is 0 Å². The molecule has 3 nitrogen and oxygen atoms in total. The predicted octanol–water partition coefficient (Wildman–Crippen LogP) is 0.208. The summed E-state index contributed by atoms with van der Waals surface area (Å²) in [6.07, 6.45) is 1.67. The van der Waals surface area contributed by atoms with Crippen molar-refractivity contribution in [3.63, 3.8) is 0 Å². The molecule has 0 aromatic carbocycles. The lowest BCUT2D eigenvalue weighted by Gasteiger charge is -2.20. The van der Waals surface area contributed by atoms with E-state index in [-0.39, 0.29) is 5.75 Å². The van der Waals surface area contributed by atoms with E-state index >= 15 is 0 Å². The highest BCUT2D eigenvalue weighted by Crippen LogP contribution is 2.12. The summed E-state index contributed by atoms with van der Waals surface area (Å²) in [7, 11) is -1.00. The molecule has 1 rings (SSSR count). The van der Waals surface area contributed by atoms with Crippen molar-refractivity contribution in [2.24, 2.45) is 0 Å². The van der Waals surface area contributed by atoms with Gasteiger partial charge in [-0.05, 0) is 6.92 Å². The maximum atomic E-state index is 11.0. The predicted molar refractivity (Wildman–Crippen MR) is 40.2 cm³/mol. The maximum Gasteiger partial charge on any atom is 0.177 e. The second kappa shape index (κ2) is 2.27. The Bertz CT molecular complexity index is 253. The molecule has 0 saturated heterocycles. The molecular weight excluding hydrogens is 150 g/mol. The first-order chi connectivity index (χ1) is 4.52. The number of hydrogen-bond acceptors (Lipinski definition) is 3. The summed E-state index contributed by atoms with van der Waals surface area (Å²) in [4.78, 5) is 2.36. The van der Waals surface area contributed by atoms with Gasteiger partial charge in [0.1, 0.15) is 0 Å².